The van der Waals surface area contributed by atoms with Crippen LogP contribution in [0.3, 0.4) is 0 Å². The number of rotatable bonds is 47. The molecule has 0 aliphatic heterocycles. The Labute approximate surface area is 345 Å². The van der Waals surface area contributed by atoms with Gasteiger partial charge in [0, 0.05) is 0 Å². The van der Waals surface area contributed by atoms with Gasteiger partial charge >= 0.3 is 11.9 Å². The molecule has 0 rings (SSSR count). The third kappa shape index (κ3) is 40.9. The van der Waals surface area contributed by atoms with Gasteiger partial charge in [-0.2, -0.15) is 0 Å². The first-order valence-corrected chi connectivity index (χ1v) is 25.5. The Morgan fingerprint density at radius 2 is 0.527 bits per heavy atom. The topological polar surface area (TPSA) is 63.6 Å². The summed E-state index contributed by atoms with van der Waals surface area (Å²) in [5.41, 5.74) is 0. The van der Waals surface area contributed by atoms with E-state index in [1.807, 2.05) is 0 Å². The van der Waals surface area contributed by atoms with Crippen LogP contribution in [0.25, 0.3) is 0 Å². The first kappa shape index (κ1) is 53.9. The second-order valence-corrected chi connectivity index (χ2v) is 17.8. The van der Waals surface area contributed by atoms with Gasteiger partial charge in [-0.15, -0.1) is 0 Å². The summed E-state index contributed by atoms with van der Waals surface area (Å²) < 4.78 is 6.04. The molecule has 0 spiro atoms. The van der Waals surface area contributed by atoms with E-state index in [9.17, 15) is 14.7 Å². The molecule has 0 aliphatic carbocycles. The lowest BCUT2D eigenvalue weighted by molar-refractivity contribution is -0.163. The number of hydrogen-bond donors (Lipinski definition) is 1. The van der Waals surface area contributed by atoms with Gasteiger partial charge in [-0.05, 0) is 32.1 Å². The number of carbonyl (C=O) groups excluding carboxylic acids is 1. The first-order valence-electron chi connectivity index (χ1n) is 25.5. The molecule has 0 aromatic carbocycles. The van der Waals surface area contributed by atoms with Gasteiger partial charge in [0.15, 0.2) is 5.92 Å². The third-order valence-electron chi connectivity index (χ3n) is 12.2. The average Bonchev–Trinajstić information content (AvgIpc) is 3.17. The second-order valence-electron chi connectivity index (χ2n) is 17.8. The molecule has 0 saturated heterocycles. The Bertz CT molecular complexity index is 766. The van der Waals surface area contributed by atoms with Crippen LogP contribution < -0.4 is 0 Å². The minimum Gasteiger partial charge on any atom is -0.481 e. The van der Waals surface area contributed by atoms with E-state index in [-0.39, 0.29) is 6.10 Å². The summed E-state index contributed by atoms with van der Waals surface area (Å²) in [6.45, 7) is 6.84. The molecule has 0 fully saturated rings. The second kappa shape index (κ2) is 45.6. The van der Waals surface area contributed by atoms with E-state index < -0.39 is 17.9 Å². The first-order chi connectivity index (χ1) is 27.1. The fourth-order valence-corrected chi connectivity index (χ4v) is 8.35. The fourth-order valence-electron chi connectivity index (χ4n) is 8.35. The molecular weight excluding hydrogens is 677 g/mol. The van der Waals surface area contributed by atoms with E-state index in [1.54, 1.807) is 0 Å². The van der Waals surface area contributed by atoms with Gasteiger partial charge in [0.1, 0.15) is 6.10 Å². The highest BCUT2D eigenvalue weighted by atomic mass is 16.5. The van der Waals surface area contributed by atoms with Gasteiger partial charge in [-0.3, -0.25) is 9.59 Å². The lowest BCUT2D eigenvalue weighted by Crippen LogP contribution is -2.30. The van der Waals surface area contributed by atoms with Crippen LogP contribution in [0, 0.1) is 5.92 Å². The predicted molar refractivity (Wildman–Crippen MR) is 241 cm³/mol. The van der Waals surface area contributed by atoms with Crippen molar-refractivity contribution in [2.24, 2.45) is 5.92 Å². The number of carbonyl (C=O) groups is 2. The summed E-state index contributed by atoms with van der Waals surface area (Å²) in [7, 11) is 0. The molecule has 4 nitrogen and oxygen atoms in total. The van der Waals surface area contributed by atoms with Crippen molar-refractivity contribution >= 4 is 11.9 Å². The summed E-state index contributed by atoms with van der Waals surface area (Å²) >= 11 is 0. The Balaban J connectivity index is 4.41. The van der Waals surface area contributed by atoms with Crippen molar-refractivity contribution in [3.05, 3.63) is 0 Å². The molecule has 2 unspecified atom stereocenters. The van der Waals surface area contributed by atoms with Crippen molar-refractivity contribution in [1.29, 1.82) is 0 Å². The lowest BCUT2D eigenvalue weighted by atomic mass is 9.98. The lowest BCUT2D eigenvalue weighted by Gasteiger charge is -2.21. The molecular formula is C51H100O4. The quantitative estimate of drug-likeness (QED) is 0.0380. The molecule has 0 radical (unpaired) electrons. The van der Waals surface area contributed by atoms with Crippen molar-refractivity contribution in [2.45, 2.75) is 309 Å². The highest BCUT2D eigenvalue weighted by molar-refractivity contribution is 5.93. The van der Waals surface area contributed by atoms with Crippen LogP contribution >= 0.6 is 0 Å². The Hall–Kier alpha value is -1.06. The summed E-state index contributed by atoms with van der Waals surface area (Å²) in [4.78, 5) is 25.4. The number of unbranched alkanes of at least 4 members (excludes halogenated alkanes) is 38. The van der Waals surface area contributed by atoms with Crippen molar-refractivity contribution < 1.29 is 19.4 Å². The summed E-state index contributed by atoms with van der Waals surface area (Å²) in [5.74, 6) is -2.49. The number of carboxylic acid groups (broad SMARTS) is 1. The fraction of sp³-hybridized carbons (Fsp3) is 0.961. The zero-order chi connectivity index (χ0) is 40.1. The van der Waals surface area contributed by atoms with Crippen LogP contribution in [0.2, 0.25) is 0 Å². The number of esters is 1. The molecule has 0 bridgehead atoms. The minimum absolute atomic E-state index is 0.129. The third-order valence-corrected chi connectivity index (χ3v) is 12.2. The Morgan fingerprint density at radius 1 is 0.327 bits per heavy atom. The smallest absolute Gasteiger partial charge is 0.320 e. The molecule has 2 atom stereocenters. The van der Waals surface area contributed by atoms with Gasteiger partial charge < -0.3 is 9.84 Å². The predicted octanol–water partition coefficient (Wildman–Crippen LogP) is 17.8. The largest absolute Gasteiger partial charge is 0.481 e. The van der Waals surface area contributed by atoms with E-state index in [0.29, 0.717) is 6.42 Å². The maximum absolute atomic E-state index is 13.2. The van der Waals surface area contributed by atoms with Gasteiger partial charge in [-0.25, -0.2) is 0 Å². The Morgan fingerprint density at radius 3 is 0.745 bits per heavy atom. The normalized spacial score (nSPS) is 12.6. The summed E-state index contributed by atoms with van der Waals surface area (Å²) in [6.07, 6.45) is 55.7. The molecule has 328 valence electrons. The zero-order valence-electron chi connectivity index (χ0n) is 37.9. The van der Waals surface area contributed by atoms with E-state index >= 15 is 0 Å². The Kier molecular flexibility index (Phi) is 44.8. The van der Waals surface area contributed by atoms with Gasteiger partial charge in [0.05, 0.1) is 0 Å². The van der Waals surface area contributed by atoms with Crippen LogP contribution in [0.5, 0.6) is 0 Å². The van der Waals surface area contributed by atoms with Crippen LogP contribution in [0.4, 0.5) is 0 Å². The van der Waals surface area contributed by atoms with E-state index in [2.05, 4.69) is 20.8 Å². The molecule has 0 saturated carbocycles. The highest BCUT2D eigenvalue weighted by Gasteiger charge is 2.29. The number of ether oxygens (including phenoxy) is 1. The summed E-state index contributed by atoms with van der Waals surface area (Å²) in [5, 5.41) is 9.97. The molecule has 55 heavy (non-hydrogen) atoms. The van der Waals surface area contributed by atoms with Crippen LogP contribution in [-0.4, -0.2) is 23.1 Å². The van der Waals surface area contributed by atoms with Crippen LogP contribution in [0.1, 0.15) is 303 Å². The number of carboxylic acids is 1. The van der Waals surface area contributed by atoms with Crippen molar-refractivity contribution in [1.82, 2.24) is 0 Å². The average molecular weight is 777 g/mol. The number of aliphatic carboxylic acids is 1. The van der Waals surface area contributed by atoms with Crippen LogP contribution in [-0.2, 0) is 14.3 Å². The van der Waals surface area contributed by atoms with Crippen molar-refractivity contribution in [2.75, 3.05) is 0 Å². The highest BCUT2D eigenvalue weighted by Crippen LogP contribution is 2.22. The van der Waals surface area contributed by atoms with E-state index in [4.69, 9.17) is 4.74 Å². The van der Waals surface area contributed by atoms with Crippen LogP contribution in [0.15, 0.2) is 0 Å². The molecule has 0 aliphatic rings. The monoisotopic (exact) mass is 777 g/mol. The molecule has 4 heteroatoms. The maximum Gasteiger partial charge on any atom is 0.320 e. The zero-order valence-corrected chi connectivity index (χ0v) is 37.9. The minimum atomic E-state index is -1.01. The molecule has 0 heterocycles. The van der Waals surface area contributed by atoms with Gasteiger partial charge in [-0.1, -0.05) is 271 Å². The van der Waals surface area contributed by atoms with Crippen molar-refractivity contribution in [3.63, 3.8) is 0 Å². The SMILES string of the molecule is CCCCCCCCCCCCCCCCC(CCCCCCCCCCCCCCC)OC(=O)C(CCCCCCCCCCCCCCCC)C(=O)O. The number of hydrogen-bond acceptors (Lipinski definition) is 3. The van der Waals surface area contributed by atoms with Gasteiger partial charge in [0.2, 0.25) is 0 Å². The molecule has 0 aromatic heterocycles. The van der Waals surface area contributed by atoms with E-state index in [0.717, 1.165) is 44.9 Å². The summed E-state index contributed by atoms with van der Waals surface area (Å²) in [6, 6.07) is 0. The van der Waals surface area contributed by atoms with Crippen molar-refractivity contribution in [3.8, 4) is 0 Å². The molecule has 1 N–H and O–H groups in total. The van der Waals surface area contributed by atoms with E-state index in [1.165, 1.54) is 231 Å². The molecule has 0 aromatic rings. The standard InChI is InChI=1S/C51H100O4/c1-4-7-10-13-16-19-22-25-28-31-34-37-40-43-46-48(45-42-39-36-33-30-27-24-21-18-15-12-9-6-3)55-51(54)49(50(52)53)47-44-41-38-35-32-29-26-23-20-17-14-11-8-5-2/h48-49H,4-47H2,1-3H3,(H,52,53). The molecule has 0 amide bonds. The van der Waals surface area contributed by atoms with Gasteiger partial charge in [0.25, 0.3) is 0 Å². The maximum atomic E-state index is 13.2.